The fraction of sp³-hybridized carbons (Fsp3) is 0. The summed E-state index contributed by atoms with van der Waals surface area (Å²) in [6.45, 7) is 0. The highest BCUT2D eigenvalue weighted by Crippen LogP contribution is 2.25. The predicted octanol–water partition coefficient (Wildman–Crippen LogP) is 2.43. The average Bonchev–Trinajstić information content (AvgIpc) is 2.36. The zero-order chi connectivity index (χ0) is 14.0. The Morgan fingerprint density at radius 3 is 2.63 bits per heavy atom. The number of aromatic nitrogens is 1. The second-order valence-electron chi connectivity index (χ2n) is 3.60. The lowest BCUT2D eigenvalue weighted by Gasteiger charge is -2.08. The van der Waals surface area contributed by atoms with Crippen molar-refractivity contribution in [2.45, 2.75) is 0 Å². The monoisotopic (exact) mass is 266 g/mol. The highest BCUT2D eigenvalue weighted by atomic mass is 19.2. The van der Waals surface area contributed by atoms with Crippen molar-refractivity contribution in [2.24, 2.45) is 0 Å². The average molecular weight is 266 g/mol. The largest absolute Gasteiger partial charge is 0.477 e. The minimum atomic E-state index is -1.29. The molecule has 0 radical (unpaired) electrons. The Bertz CT molecular complexity index is 647. The maximum Gasteiger partial charge on any atom is 0.341 e. The first-order valence-electron chi connectivity index (χ1n) is 5.09. The van der Waals surface area contributed by atoms with Crippen LogP contribution in [0.4, 0.5) is 14.5 Å². The number of nitrogen functional groups attached to an aromatic ring is 1. The second kappa shape index (κ2) is 4.89. The standard InChI is InChI=1S/C12H8F2N2O3/c13-9-2-1-7(4-10(9)14)19-11-8(12(17)18)3-6(15)5-16-11/h1-5H,15H2,(H,17,18). The number of carboxylic acid groups (broad SMARTS) is 1. The van der Waals surface area contributed by atoms with E-state index in [-0.39, 0.29) is 22.9 Å². The molecule has 1 heterocycles. The van der Waals surface area contributed by atoms with Crippen LogP contribution in [0, 0.1) is 11.6 Å². The van der Waals surface area contributed by atoms with Gasteiger partial charge >= 0.3 is 5.97 Å². The fourth-order valence-electron chi connectivity index (χ4n) is 1.35. The molecule has 19 heavy (non-hydrogen) atoms. The number of hydrogen-bond donors (Lipinski definition) is 2. The van der Waals surface area contributed by atoms with E-state index in [2.05, 4.69) is 4.98 Å². The number of benzene rings is 1. The van der Waals surface area contributed by atoms with Gasteiger partial charge in [-0.3, -0.25) is 0 Å². The summed E-state index contributed by atoms with van der Waals surface area (Å²) in [5.74, 6) is -3.76. The van der Waals surface area contributed by atoms with E-state index in [0.29, 0.717) is 0 Å². The third-order valence-corrected chi connectivity index (χ3v) is 2.21. The number of ether oxygens (including phenoxy) is 1. The van der Waals surface area contributed by atoms with Gasteiger partial charge in [0.2, 0.25) is 5.88 Å². The van der Waals surface area contributed by atoms with Crippen molar-refractivity contribution in [3.63, 3.8) is 0 Å². The summed E-state index contributed by atoms with van der Waals surface area (Å²) in [6.07, 6.45) is 1.20. The van der Waals surface area contributed by atoms with Gasteiger partial charge in [0.05, 0.1) is 11.9 Å². The van der Waals surface area contributed by atoms with Crippen molar-refractivity contribution >= 4 is 11.7 Å². The number of nitrogens with zero attached hydrogens (tertiary/aromatic N) is 1. The second-order valence-corrected chi connectivity index (χ2v) is 3.60. The van der Waals surface area contributed by atoms with E-state index in [1.54, 1.807) is 0 Å². The molecule has 0 fully saturated rings. The van der Waals surface area contributed by atoms with Crippen LogP contribution in [0.2, 0.25) is 0 Å². The zero-order valence-corrected chi connectivity index (χ0v) is 9.43. The lowest BCUT2D eigenvalue weighted by atomic mass is 10.2. The highest BCUT2D eigenvalue weighted by molar-refractivity contribution is 5.91. The van der Waals surface area contributed by atoms with Gasteiger partial charge < -0.3 is 15.6 Å². The number of hydrogen-bond acceptors (Lipinski definition) is 4. The van der Waals surface area contributed by atoms with Gasteiger partial charge in [0, 0.05) is 6.07 Å². The fourth-order valence-corrected chi connectivity index (χ4v) is 1.35. The number of aromatic carboxylic acids is 1. The molecule has 1 aromatic heterocycles. The van der Waals surface area contributed by atoms with Crippen LogP contribution >= 0.6 is 0 Å². The summed E-state index contributed by atoms with van der Waals surface area (Å²) >= 11 is 0. The van der Waals surface area contributed by atoms with Gasteiger partial charge in [-0.15, -0.1) is 0 Å². The summed E-state index contributed by atoms with van der Waals surface area (Å²) in [4.78, 5) is 14.7. The molecule has 3 N–H and O–H groups in total. The van der Waals surface area contributed by atoms with Crippen molar-refractivity contribution < 1.29 is 23.4 Å². The van der Waals surface area contributed by atoms with Crippen molar-refractivity contribution in [2.75, 3.05) is 5.73 Å². The molecule has 0 saturated heterocycles. The van der Waals surface area contributed by atoms with E-state index < -0.39 is 17.6 Å². The molecule has 98 valence electrons. The van der Waals surface area contributed by atoms with E-state index in [4.69, 9.17) is 15.6 Å². The first kappa shape index (κ1) is 12.7. The SMILES string of the molecule is Nc1cnc(Oc2ccc(F)c(F)c2)c(C(=O)O)c1. The van der Waals surface area contributed by atoms with Crippen LogP contribution in [0.5, 0.6) is 11.6 Å². The lowest BCUT2D eigenvalue weighted by Crippen LogP contribution is -2.03. The maximum atomic E-state index is 13.0. The van der Waals surface area contributed by atoms with Gasteiger partial charge in [0.25, 0.3) is 0 Å². The Kier molecular flexibility index (Phi) is 3.28. The summed E-state index contributed by atoms with van der Waals surface area (Å²) < 4.78 is 30.8. The van der Waals surface area contributed by atoms with Crippen LogP contribution in [-0.2, 0) is 0 Å². The van der Waals surface area contributed by atoms with Crippen molar-refractivity contribution in [3.05, 3.63) is 47.7 Å². The predicted molar refractivity (Wildman–Crippen MR) is 62.0 cm³/mol. The van der Waals surface area contributed by atoms with Crippen molar-refractivity contribution in [1.29, 1.82) is 0 Å². The van der Waals surface area contributed by atoms with Gasteiger partial charge in [0.15, 0.2) is 11.6 Å². The van der Waals surface area contributed by atoms with Gasteiger partial charge in [-0.25, -0.2) is 18.6 Å². The Labute approximate surface area is 106 Å². The Hall–Kier alpha value is -2.70. The molecule has 7 heteroatoms. The normalized spacial score (nSPS) is 10.2. The lowest BCUT2D eigenvalue weighted by molar-refractivity contribution is 0.0693. The first-order valence-corrected chi connectivity index (χ1v) is 5.09. The summed E-state index contributed by atoms with van der Waals surface area (Å²) in [5, 5.41) is 8.96. The zero-order valence-electron chi connectivity index (χ0n) is 9.43. The molecule has 0 aliphatic heterocycles. The number of pyridine rings is 1. The van der Waals surface area contributed by atoms with E-state index >= 15 is 0 Å². The number of nitrogens with two attached hydrogens (primary N) is 1. The van der Waals surface area contributed by atoms with Crippen molar-refractivity contribution in [1.82, 2.24) is 4.98 Å². The van der Waals surface area contributed by atoms with Crippen LogP contribution in [0.3, 0.4) is 0 Å². The van der Waals surface area contributed by atoms with E-state index in [1.165, 1.54) is 6.20 Å². The first-order chi connectivity index (χ1) is 8.97. The molecule has 0 spiro atoms. The summed E-state index contributed by atoms with van der Waals surface area (Å²) in [5.41, 5.74) is 5.29. The van der Waals surface area contributed by atoms with Gasteiger partial charge in [-0.1, -0.05) is 0 Å². The van der Waals surface area contributed by atoms with Crippen molar-refractivity contribution in [3.8, 4) is 11.6 Å². The van der Waals surface area contributed by atoms with E-state index in [1.807, 2.05) is 0 Å². The van der Waals surface area contributed by atoms with Crippen LogP contribution < -0.4 is 10.5 Å². The van der Waals surface area contributed by atoms with E-state index in [9.17, 15) is 13.6 Å². The van der Waals surface area contributed by atoms with Gasteiger partial charge in [-0.2, -0.15) is 0 Å². The summed E-state index contributed by atoms with van der Waals surface area (Å²) in [7, 11) is 0. The van der Waals surface area contributed by atoms with Crippen LogP contribution in [0.1, 0.15) is 10.4 Å². The van der Waals surface area contributed by atoms with Gasteiger partial charge in [0.1, 0.15) is 11.3 Å². The molecule has 2 aromatic rings. The van der Waals surface area contributed by atoms with E-state index in [0.717, 1.165) is 24.3 Å². The number of carbonyl (C=O) groups is 1. The molecule has 0 aliphatic carbocycles. The van der Waals surface area contributed by atoms with Crippen LogP contribution in [0.25, 0.3) is 0 Å². The quantitative estimate of drug-likeness (QED) is 0.891. The molecule has 0 amide bonds. The molecule has 0 unspecified atom stereocenters. The van der Waals surface area contributed by atoms with Gasteiger partial charge in [-0.05, 0) is 18.2 Å². The molecule has 5 nitrogen and oxygen atoms in total. The highest BCUT2D eigenvalue weighted by Gasteiger charge is 2.15. The number of carboxylic acids is 1. The Morgan fingerprint density at radius 1 is 1.26 bits per heavy atom. The Morgan fingerprint density at radius 2 is 2.00 bits per heavy atom. The van der Waals surface area contributed by atoms with Crippen LogP contribution in [0.15, 0.2) is 30.5 Å². The molecule has 0 bridgehead atoms. The summed E-state index contributed by atoms with van der Waals surface area (Å²) in [6, 6.07) is 3.97. The minimum Gasteiger partial charge on any atom is -0.477 e. The number of anilines is 1. The number of halogens is 2. The molecule has 2 rings (SSSR count). The van der Waals surface area contributed by atoms with Crippen LogP contribution in [-0.4, -0.2) is 16.1 Å². The molecule has 0 saturated carbocycles. The Balaban J connectivity index is 2.37. The smallest absolute Gasteiger partial charge is 0.341 e. The third-order valence-electron chi connectivity index (χ3n) is 2.21. The maximum absolute atomic E-state index is 13.0. The topological polar surface area (TPSA) is 85.4 Å². The molecular formula is C12H8F2N2O3. The minimum absolute atomic E-state index is 0.0707. The molecule has 0 atom stereocenters. The molecule has 0 aliphatic rings. The third kappa shape index (κ3) is 2.76. The molecule has 1 aromatic carbocycles. The molecular weight excluding hydrogens is 258 g/mol. The number of rotatable bonds is 3.